The number of nitrogens with one attached hydrogen (secondary N) is 1. The van der Waals surface area contributed by atoms with Gasteiger partial charge in [0.2, 0.25) is 0 Å². The Labute approximate surface area is 119 Å². The minimum absolute atomic E-state index is 0.0374. The average Bonchev–Trinajstić information content (AvgIpc) is 2.42. The molecule has 0 heterocycles. The number of alkyl halides is 3. The number of nitriles is 1. The summed E-state index contributed by atoms with van der Waals surface area (Å²) in [6, 6.07) is 10.3. The fourth-order valence-corrected chi connectivity index (χ4v) is 1.88. The highest BCUT2D eigenvalue weighted by Crippen LogP contribution is 2.37. The summed E-state index contributed by atoms with van der Waals surface area (Å²) in [6.07, 6.45) is -4.52. The van der Waals surface area contributed by atoms with Crippen molar-refractivity contribution in [2.45, 2.75) is 13.1 Å². The Morgan fingerprint density at radius 1 is 1.10 bits per heavy atom. The molecule has 0 atom stereocenters. The molecule has 2 rings (SSSR count). The zero-order valence-corrected chi connectivity index (χ0v) is 11.1. The van der Waals surface area contributed by atoms with E-state index < -0.39 is 11.7 Å². The Hall–Kier alpha value is -2.68. The van der Waals surface area contributed by atoms with Gasteiger partial charge in [0.05, 0.1) is 22.9 Å². The number of benzene rings is 2. The molecule has 0 fully saturated rings. The molecule has 0 spiro atoms. The molecule has 0 aliphatic heterocycles. The van der Waals surface area contributed by atoms with E-state index in [0.29, 0.717) is 11.3 Å². The van der Waals surface area contributed by atoms with Gasteiger partial charge in [-0.05, 0) is 42.8 Å². The van der Waals surface area contributed by atoms with E-state index in [1.807, 2.05) is 6.07 Å². The summed E-state index contributed by atoms with van der Waals surface area (Å²) < 4.78 is 39.1. The second-order valence-electron chi connectivity index (χ2n) is 4.57. The molecule has 6 heteroatoms. The Bertz CT molecular complexity index is 715. The molecule has 0 amide bonds. The molecule has 3 nitrogen and oxygen atoms in total. The van der Waals surface area contributed by atoms with E-state index in [0.717, 1.165) is 11.6 Å². The van der Waals surface area contributed by atoms with Crippen LogP contribution in [0.15, 0.2) is 36.4 Å². The number of anilines is 3. The van der Waals surface area contributed by atoms with Crippen molar-refractivity contribution >= 4 is 17.1 Å². The van der Waals surface area contributed by atoms with Crippen LogP contribution in [0.2, 0.25) is 0 Å². The SMILES string of the molecule is Cc1ccc(C#N)cc1Nc1ccc(N)cc1C(F)(F)F. The van der Waals surface area contributed by atoms with Crippen molar-refractivity contribution in [1.29, 1.82) is 5.26 Å². The number of halogens is 3. The second-order valence-corrected chi connectivity index (χ2v) is 4.57. The first kappa shape index (κ1) is 14.7. The fraction of sp³-hybridized carbons (Fsp3) is 0.133. The van der Waals surface area contributed by atoms with Gasteiger partial charge in [-0.15, -0.1) is 0 Å². The molecule has 0 aliphatic carbocycles. The monoisotopic (exact) mass is 291 g/mol. The fourth-order valence-electron chi connectivity index (χ4n) is 1.88. The van der Waals surface area contributed by atoms with Crippen LogP contribution >= 0.6 is 0 Å². The zero-order chi connectivity index (χ0) is 15.6. The third kappa shape index (κ3) is 3.26. The van der Waals surface area contributed by atoms with Crippen molar-refractivity contribution in [3.8, 4) is 6.07 Å². The van der Waals surface area contributed by atoms with Gasteiger partial charge in [-0.25, -0.2) is 0 Å². The van der Waals surface area contributed by atoms with Gasteiger partial charge in [0, 0.05) is 11.4 Å². The molecule has 0 unspecified atom stereocenters. The lowest BCUT2D eigenvalue weighted by atomic mass is 10.1. The summed E-state index contributed by atoms with van der Waals surface area (Å²) in [4.78, 5) is 0. The molecule has 0 aromatic heterocycles. The minimum Gasteiger partial charge on any atom is -0.399 e. The van der Waals surface area contributed by atoms with Gasteiger partial charge in [0.1, 0.15) is 0 Å². The summed E-state index contributed by atoms with van der Waals surface area (Å²) in [6.45, 7) is 1.74. The Balaban J connectivity index is 2.48. The first-order valence-corrected chi connectivity index (χ1v) is 6.06. The highest BCUT2D eigenvalue weighted by atomic mass is 19.4. The second kappa shape index (κ2) is 5.37. The molecule has 0 bridgehead atoms. The lowest BCUT2D eigenvalue weighted by Crippen LogP contribution is -2.10. The molecule has 0 saturated heterocycles. The molecular formula is C15H12F3N3. The molecular weight excluding hydrogens is 279 g/mol. The number of rotatable bonds is 2. The van der Waals surface area contributed by atoms with Gasteiger partial charge in [-0.1, -0.05) is 6.07 Å². The lowest BCUT2D eigenvalue weighted by molar-refractivity contribution is -0.136. The van der Waals surface area contributed by atoms with Crippen LogP contribution in [0, 0.1) is 18.3 Å². The number of nitrogens with two attached hydrogens (primary N) is 1. The van der Waals surface area contributed by atoms with Crippen molar-refractivity contribution < 1.29 is 13.2 Å². The van der Waals surface area contributed by atoms with Crippen molar-refractivity contribution in [1.82, 2.24) is 0 Å². The zero-order valence-electron chi connectivity index (χ0n) is 11.1. The topological polar surface area (TPSA) is 61.8 Å². The molecule has 21 heavy (non-hydrogen) atoms. The van der Waals surface area contributed by atoms with E-state index in [4.69, 9.17) is 11.0 Å². The minimum atomic E-state index is -4.52. The first-order valence-electron chi connectivity index (χ1n) is 6.06. The molecule has 0 aliphatic rings. The normalized spacial score (nSPS) is 11.0. The lowest BCUT2D eigenvalue weighted by Gasteiger charge is -2.16. The molecule has 2 aromatic carbocycles. The third-order valence-corrected chi connectivity index (χ3v) is 2.99. The summed E-state index contributed by atoms with van der Waals surface area (Å²) in [5.74, 6) is 0. The Morgan fingerprint density at radius 3 is 2.43 bits per heavy atom. The smallest absolute Gasteiger partial charge is 0.399 e. The standard InChI is InChI=1S/C15H12F3N3/c1-9-2-3-10(8-19)6-14(9)21-13-5-4-11(20)7-12(13)15(16,17)18/h2-7,21H,20H2,1H3. The van der Waals surface area contributed by atoms with Crippen LogP contribution < -0.4 is 11.1 Å². The van der Waals surface area contributed by atoms with E-state index in [1.54, 1.807) is 19.1 Å². The number of aryl methyl sites for hydroxylation is 1. The van der Waals surface area contributed by atoms with Crippen LogP contribution in [0.1, 0.15) is 16.7 Å². The van der Waals surface area contributed by atoms with Crippen LogP contribution in [-0.4, -0.2) is 0 Å². The van der Waals surface area contributed by atoms with E-state index >= 15 is 0 Å². The van der Waals surface area contributed by atoms with Crippen molar-refractivity contribution in [2.75, 3.05) is 11.1 Å². The molecule has 3 N–H and O–H groups in total. The van der Waals surface area contributed by atoms with Crippen molar-refractivity contribution in [3.63, 3.8) is 0 Å². The van der Waals surface area contributed by atoms with Crippen LogP contribution in [0.25, 0.3) is 0 Å². The predicted molar refractivity (Wildman–Crippen MR) is 75.0 cm³/mol. The van der Waals surface area contributed by atoms with Gasteiger partial charge in [-0.3, -0.25) is 0 Å². The summed E-state index contributed by atoms with van der Waals surface area (Å²) in [5.41, 5.74) is 6.07. The maximum absolute atomic E-state index is 13.0. The number of nitrogen functional groups attached to an aromatic ring is 1. The van der Waals surface area contributed by atoms with Gasteiger partial charge < -0.3 is 11.1 Å². The first-order chi connectivity index (χ1) is 9.81. The van der Waals surface area contributed by atoms with Crippen molar-refractivity contribution in [3.05, 3.63) is 53.1 Å². The maximum atomic E-state index is 13.0. The van der Waals surface area contributed by atoms with Gasteiger partial charge in [0.25, 0.3) is 0 Å². The number of nitrogens with zero attached hydrogens (tertiary/aromatic N) is 1. The summed E-state index contributed by atoms with van der Waals surface area (Å²) >= 11 is 0. The highest BCUT2D eigenvalue weighted by molar-refractivity contribution is 5.69. The Kier molecular flexibility index (Phi) is 3.76. The van der Waals surface area contributed by atoms with E-state index in [9.17, 15) is 13.2 Å². The van der Waals surface area contributed by atoms with Crippen LogP contribution in [-0.2, 0) is 6.18 Å². The quantitative estimate of drug-likeness (QED) is 0.815. The Morgan fingerprint density at radius 2 is 1.81 bits per heavy atom. The van der Waals surface area contributed by atoms with Gasteiger partial charge >= 0.3 is 6.18 Å². The molecule has 0 radical (unpaired) electrons. The molecule has 2 aromatic rings. The summed E-state index contributed by atoms with van der Waals surface area (Å²) in [5, 5.41) is 11.6. The van der Waals surface area contributed by atoms with E-state index in [2.05, 4.69) is 5.32 Å². The predicted octanol–water partition coefficient (Wildman–Crippen LogP) is 4.21. The van der Waals surface area contributed by atoms with Crippen molar-refractivity contribution in [2.24, 2.45) is 0 Å². The highest BCUT2D eigenvalue weighted by Gasteiger charge is 2.33. The molecule has 108 valence electrons. The van der Waals surface area contributed by atoms with Gasteiger partial charge in [-0.2, -0.15) is 18.4 Å². The van der Waals surface area contributed by atoms with Crippen LogP contribution in [0.4, 0.5) is 30.2 Å². The van der Waals surface area contributed by atoms with E-state index in [-0.39, 0.29) is 11.4 Å². The van der Waals surface area contributed by atoms with Gasteiger partial charge in [0.15, 0.2) is 0 Å². The maximum Gasteiger partial charge on any atom is 0.418 e. The summed E-state index contributed by atoms with van der Waals surface area (Å²) in [7, 11) is 0. The van der Waals surface area contributed by atoms with Crippen LogP contribution in [0.3, 0.4) is 0 Å². The van der Waals surface area contributed by atoms with E-state index in [1.165, 1.54) is 18.2 Å². The number of hydrogen-bond acceptors (Lipinski definition) is 3. The largest absolute Gasteiger partial charge is 0.418 e. The number of hydrogen-bond donors (Lipinski definition) is 2. The molecule has 0 saturated carbocycles. The van der Waals surface area contributed by atoms with Crippen LogP contribution in [0.5, 0.6) is 0 Å². The third-order valence-electron chi connectivity index (χ3n) is 2.99. The average molecular weight is 291 g/mol.